The Morgan fingerprint density at radius 1 is 1.04 bits per heavy atom. The standard InChI is InChI=1S/C22H28O5/c1-3-4-7-18-8-5-6-9-20(18)27-15-14-26-19-12-10-17(11-13-19)16-21(25-2)22(23)24/h5-6,8-13,21H,3-4,7,14-16H2,1-2H3,(H,23,24)/t21-/m0/s1. The molecular formula is C22H28O5. The summed E-state index contributed by atoms with van der Waals surface area (Å²) in [5, 5.41) is 9.03. The Labute approximate surface area is 160 Å². The lowest BCUT2D eigenvalue weighted by atomic mass is 10.1. The average molecular weight is 372 g/mol. The Hall–Kier alpha value is -2.53. The molecule has 0 aliphatic rings. The Kier molecular flexibility index (Phi) is 8.65. The van der Waals surface area contributed by atoms with Crippen molar-refractivity contribution in [3.05, 3.63) is 59.7 Å². The van der Waals surface area contributed by atoms with Crippen molar-refractivity contribution >= 4 is 5.97 Å². The van der Waals surface area contributed by atoms with Gasteiger partial charge >= 0.3 is 5.97 Å². The number of para-hydroxylation sites is 1. The zero-order chi connectivity index (χ0) is 19.5. The number of carboxylic acid groups (broad SMARTS) is 1. The van der Waals surface area contributed by atoms with E-state index in [1.807, 2.05) is 42.5 Å². The van der Waals surface area contributed by atoms with Gasteiger partial charge < -0.3 is 19.3 Å². The van der Waals surface area contributed by atoms with E-state index in [0.29, 0.717) is 19.6 Å². The molecule has 0 aliphatic heterocycles. The van der Waals surface area contributed by atoms with E-state index in [-0.39, 0.29) is 0 Å². The van der Waals surface area contributed by atoms with E-state index < -0.39 is 12.1 Å². The van der Waals surface area contributed by atoms with E-state index in [1.54, 1.807) is 0 Å². The van der Waals surface area contributed by atoms with E-state index in [0.717, 1.165) is 36.3 Å². The summed E-state index contributed by atoms with van der Waals surface area (Å²) in [5.41, 5.74) is 2.12. The van der Waals surface area contributed by atoms with Gasteiger partial charge in [-0.2, -0.15) is 0 Å². The molecule has 0 saturated heterocycles. The molecule has 5 heteroatoms. The van der Waals surface area contributed by atoms with Crippen molar-refractivity contribution in [1.82, 2.24) is 0 Å². The SMILES string of the molecule is CCCCc1ccccc1OCCOc1ccc(C[C@H](OC)C(=O)O)cc1. The second-order valence-electron chi connectivity index (χ2n) is 6.32. The van der Waals surface area contributed by atoms with Crippen molar-refractivity contribution in [3.8, 4) is 11.5 Å². The fraction of sp³-hybridized carbons (Fsp3) is 0.409. The van der Waals surface area contributed by atoms with Crippen LogP contribution in [0.2, 0.25) is 0 Å². The zero-order valence-corrected chi connectivity index (χ0v) is 16.0. The third-order valence-electron chi connectivity index (χ3n) is 4.29. The normalized spacial score (nSPS) is 11.8. The highest BCUT2D eigenvalue weighted by Crippen LogP contribution is 2.20. The molecular weight excluding hydrogens is 344 g/mol. The van der Waals surface area contributed by atoms with Crippen LogP contribution in [0.4, 0.5) is 0 Å². The van der Waals surface area contributed by atoms with Gasteiger partial charge in [-0.3, -0.25) is 0 Å². The molecule has 0 aromatic heterocycles. The van der Waals surface area contributed by atoms with Crippen LogP contribution < -0.4 is 9.47 Å². The maximum atomic E-state index is 11.0. The van der Waals surface area contributed by atoms with Gasteiger partial charge in [-0.1, -0.05) is 43.7 Å². The molecule has 5 nitrogen and oxygen atoms in total. The fourth-order valence-corrected chi connectivity index (χ4v) is 2.74. The molecule has 1 atom stereocenters. The molecule has 2 rings (SSSR count). The van der Waals surface area contributed by atoms with Crippen LogP contribution >= 0.6 is 0 Å². The van der Waals surface area contributed by atoms with Crippen LogP contribution in [0, 0.1) is 0 Å². The van der Waals surface area contributed by atoms with Gasteiger partial charge in [-0.05, 0) is 42.2 Å². The minimum atomic E-state index is -0.964. The quantitative estimate of drug-likeness (QED) is 0.568. The van der Waals surface area contributed by atoms with Crippen LogP contribution in [-0.4, -0.2) is 37.5 Å². The third kappa shape index (κ3) is 6.94. The first-order chi connectivity index (χ1) is 13.1. The molecule has 0 radical (unpaired) electrons. The number of ether oxygens (including phenoxy) is 3. The molecule has 1 N–H and O–H groups in total. The van der Waals surface area contributed by atoms with Gasteiger partial charge in [0.2, 0.25) is 0 Å². The van der Waals surface area contributed by atoms with Gasteiger partial charge in [0.25, 0.3) is 0 Å². The Balaban J connectivity index is 1.78. The first-order valence-electron chi connectivity index (χ1n) is 9.32. The number of aryl methyl sites for hydroxylation is 1. The largest absolute Gasteiger partial charge is 0.490 e. The van der Waals surface area contributed by atoms with E-state index in [1.165, 1.54) is 12.7 Å². The van der Waals surface area contributed by atoms with Crippen LogP contribution in [0.25, 0.3) is 0 Å². The van der Waals surface area contributed by atoms with Gasteiger partial charge in [-0.15, -0.1) is 0 Å². The minimum absolute atomic E-state index is 0.323. The number of carboxylic acids is 1. The summed E-state index contributed by atoms with van der Waals surface area (Å²) in [6, 6.07) is 15.5. The molecule has 146 valence electrons. The second-order valence-corrected chi connectivity index (χ2v) is 6.32. The second kappa shape index (κ2) is 11.2. The summed E-state index contributed by atoms with van der Waals surface area (Å²) in [5.74, 6) is 0.685. The molecule has 0 saturated carbocycles. The molecule has 0 spiro atoms. The lowest BCUT2D eigenvalue weighted by Crippen LogP contribution is -2.24. The van der Waals surface area contributed by atoms with E-state index >= 15 is 0 Å². The number of carbonyl (C=O) groups is 1. The smallest absolute Gasteiger partial charge is 0.333 e. The predicted molar refractivity (Wildman–Crippen MR) is 105 cm³/mol. The van der Waals surface area contributed by atoms with Crippen LogP contribution in [0.5, 0.6) is 11.5 Å². The van der Waals surface area contributed by atoms with Crippen LogP contribution in [0.15, 0.2) is 48.5 Å². The van der Waals surface area contributed by atoms with Gasteiger partial charge in [0.05, 0.1) is 0 Å². The summed E-state index contributed by atoms with van der Waals surface area (Å²) in [7, 11) is 1.40. The van der Waals surface area contributed by atoms with Gasteiger partial charge in [0, 0.05) is 13.5 Å². The highest BCUT2D eigenvalue weighted by atomic mass is 16.5. The van der Waals surface area contributed by atoms with Crippen molar-refractivity contribution in [2.75, 3.05) is 20.3 Å². The van der Waals surface area contributed by atoms with Crippen molar-refractivity contribution in [3.63, 3.8) is 0 Å². The summed E-state index contributed by atoms with van der Waals surface area (Å²) >= 11 is 0. The molecule has 0 aliphatic carbocycles. The topological polar surface area (TPSA) is 65.0 Å². The molecule has 27 heavy (non-hydrogen) atoms. The monoisotopic (exact) mass is 372 g/mol. The molecule has 2 aromatic carbocycles. The Morgan fingerprint density at radius 2 is 1.74 bits per heavy atom. The van der Waals surface area contributed by atoms with Crippen molar-refractivity contribution in [2.24, 2.45) is 0 Å². The molecule has 0 amide bonds. The zero-order valence-electron chi connectivity index (χ0n) is 16.0. The third-order valence-corrected chi connectivity index (χ3v) is 4.29. The fourth-order valence-electron chi connectivity index (χ4n) is 2.74. The van der Waals surface area contributed by atoms with Gasteiger partial charge in [-0.25, -0.2) is 4.79 Å². The number of hydrogen-bond acceptors (Lipinski definition) is 4. The maximum absolute atomic E-state index is 11.0. The van der Waals surface area contributed by atoms with Crippen LogP contribution in [0.3, 0.4) is 0 Å². The van der Waals surface area contributed by atoms with Crippen molar-refractivity contribution in [2.45, 2.75) is 38.7 Å². The number of methoxy groups -OCH3 is 1. The molecule has 0 fully saturated rings. The average Bonchev–Trinajstić information content (AvgIpc) is 2.69. The molecule has 0 unspecified atom stereocenters. The predicted octanol–water partition coefficient (Wildman–Crippen LogP) is 4.13. The van der Waals surface area contributed by atoms with E-state index in [9.17, 15) is 4.79 Å². The molecule has 0 heterocycles. The summed E-state index contributed by atoms with van der Waals surface area (Å²) in [4.78, 5) is 11.0. The number of rotatable bonds is 12. The van der Waals surface area contributed by atoms with Gasteiger partial charge in [0.1, 0.15) is 24.7 Å². The summed E-state index contributed by atoms with van der Waals surface area (Å²) in [6.45, 7) is 3.09. The number of hydrogen-bond donors (Lipinski definition) is 1. The van der Waals surface area contributed by atoms with Crippen molar-refractivity contribution < 1.29 is 24.1 Å². The first kappa shape index (κ1) is 20.8. The molecule has 2 aromatic rings. The number of aliphatic carboxylic acids is 1. The highest BCUT2D eigenvalue weighted by Gasteiger charge is 2.16. The van der Waals surface area contributed by atoms with E-state index in [2.05, 4.69) is 13.0 Å². The van der Waals surface area contributed by atoms with Crippen LogP contribution in [0.1, 0.15) is 30.9 Å². The van der Waals surface area contributed by atoms with Crippen molar-refractivity contribution in [1.29, 1.82) is 0 Å². The molecule has 0 bridgehead atoms. The lowest BCUT2D eigenvalue weighted by Gasteiger charge is -2.13. The lowest BCUT2D eigenvalue weighted by molar-refractivity contribution is -0.148. The Bertz CT molecular complexity index is 696. The van der Waals surface area contributed by atoms with E-state index in [4.69, 9.17) is 19.3 Å². The van der Waals surface area contributed by atoms with Gasteiger partial charge in [0.15, 0.2) is 6.10 Å². The van der Waals surface area contributed by atoms with Crippen LogP contribution in [-0.2, 0) is 22.4 Å². The number of benzene rings is 2. The first-order valence-corrected chi connectivity index (χ1v) is 9.32. The Morgan fingerprint density at radius 3 is 2.41 bits per heavy atom. The summed E-state index contributed by atoms with van der Waals surface area (Å²) < 4.78 is 16.5. The minimum Gasteiger partial charge on any atom is -0.490 e. The number of unbranched alkanes of at least 4 members (excludes halogenated alkanes) is 1. The maximum Gasteiger partial charge on any atom is 0.333 e. The summed E-state index contributed by atoms with van der Waals surface area (Å²) in [6.07, 6.45) is 2.82. The highest BCUT2D eigenvalue weighted by molar-refractivity contribution is 5.72.